The first-order valence-corrected chi connectivity index (χ1v) is 6.73. The summed E-state index contributed by atoms with van der Waals surface area (Å²) in [6.07, 6.45) is 0.698. The molecule has 110 valence electrons. The van der Waals surface area contributed by atoms with E-state index in [1.807, 2.05) is 39.0 Å². The van der Waals surface area contributed by atoms with Crippen LogP contribution in [0.25, 0.3) is 0 Å². The summed E-state index contributed by atoms with van der Waals surface area (Å²) >= 11 is 0. The summed E-state index contributed by atoms with van der Waals surface area (Å²) in [6.45, 7) is 10.5. The summed E-state index contributed by atoms with van der Waals surface area (Å²) in [6, 6.07) is 6.02. The molecule has 0 unspecified atom stereocenters. The summed E-state index contributed by atoms with van der Waals surface area (Å²) in [7, 11) is 0. The molecule has 2 rings (SSSR count). The van der Waals surface area contributed by atoms with Crippen molar-refractivity contribution in [2.75, 3.05) is 0 Å². The highest BCUT2D eigenvalue weighted by Crippen LogP contribution is 2.20. The number of nitrogens with zero attached hydrogens (tertiary/aromatic N) is 3. The number of aldehydes is 1. The maximum Gasteiger partial charge on any atom is 0.172 e. The minimum Gasteiger partial charge on any atom is -0.487 e. The zero-order chi connectivity index (χ0) is 15.4. The van der Waals surface area contributed by atoms with Crippen LogP contribution in [0.15, 0.2) is 30.4 Å². The molecule has 0 aliphatic carbocycles. The molecule has 0 bridgehead atoms. The molecule has 2 aromatic rings. The summed E-state index contributed by atoms with van der Waals surface area (Å²) in [5, 5.41) is 7.84. The fourth-order valence-electron chi connectivity index (χ4n) is 1.98. The minimum atomic E-state index is 0.249. The normalized spacial score (nSPS) is 10.4. The molecule has 1 heterocycles. The molecule has 21 heavy (non-hydrogen) atoms. The fourth-order valence-corrected chi connectivity index (χ4v) is 1.98. The van der Waals surface area contributed by atoms with E-state index in [2.05, 4.69) is 16.9 Å². The Hall–Kier alpha value is -2.43. The molecule has 0 saturated carbocycles. The molecule has 0 spiro atoms. The zero-order valence-corrected chi connectivity index (χ0v) is 12.6. The van der Waals surface area contributed by atoms with Gasteiger partial charge in [0.2, 0.25) is 0 Å². The molecule has 0 saturated heterocycles. The first-order valence-electron chi connectivity index (χ1n) is 6.73. The SMILES string of the molecule is C=C(C)Cn1nnc(C=O)c1COc1cc(C)ccc1C. The number of allylic oxidation sites excluding steroid dienone is 1. The molecule has 5 nitrogen and oxygen atoms in total. The number of hydrogen-bond acceptors (Lipinski definition) is 4. The summed E-state index contributed by atoms with van der Waals surface area (Å²) in [5.74, 6) is 0.801. The van der Waals surface area contributed by atoms with Crippen LogP contribution in [0.2, 0.25) is 0 Å². The molecule has 5 heteroatoms. The molecule has 0 aliphatic rings. The van der Waals surface area contributed by atoms with E-state index < -0.39 is 0 Å². The van der Waals surface area contributed by atoms with Crippen LogP contribution in [-0.4, -0.2) is 21.3 Å². The van der Waals surface area contributed by atoms with Crippen molar-refractivity contribution in [1.82, 2.24) is 15.0 Å². The van der Waals surface area contributed by atoms with Gasteiger partial charge in [-0.05, 0) is 38.0 Å². The van der Waals surface area contributed by atoms with Gasteiger partial charge in [-0.25, -0.2) is 4.68 Å². The topological polar surface area (TPSA) is 57.0 Å². The Morgan fingerprint density at radius 2 is 2.19 bits per heavy atom. The van der Waals surface area contributed by atoms with Gasteiger partial charge in [0.05, 0.1) is 6.54 Å². The molecule has 0 atom stereocenters. The van der Waals surface area contributed by atoms with Gasteiger partial charge >= 0.3 is 0 Å². The predicted molar refractivity (Wildman–Crippen MR) is 80.5 cm³/mol. The lowest BCUT2D eigenvalue weighted by Crippen LogP contribution is -2.10. The second-order valence-electron chi connectivity index (χ2n) is 5.21. The van der Waals surface area contributed by atoms with E-state index in [0.29, 0.717) is 24.2 Å². The van der Waals surface area contributed by atoms with Gasteiger partial charge in [-0.15, -0.1) is 5.10 Å². The van der Waals surface area contributed by atoms with Gasteiger partial charge in [0.15, 0.2) is 12.0 Å². The Labute approximate surface area is 124 Å². The van der Waals surface area contributed by atoms with Crippen LogP contribution in [0.5, 0.6) is 5.75 Å². The Bertz CT molecular complexity index is 674. The average molecular weight is 285 g/mol. The van der Waals surface area contributed by atoms with E-state index in [1.54, 1.807) is 4.68 Å². The molecular weight excluding hydrogens is 266 g/mol. The maximum absolute atomic E-state index is 11.1. The number of benzene rings is 1. The van der Waals surface area contributed by atoms with Crippen LogP contribution in [0.1, 0.15) is 34.2 Å². The largest absolute Gasteiger partial charge is 0.487 e. The highest BCUT2D eigenvalue weighted by molar-refractivity contribution is 5.73. The molecule has 0 amide bonds. The number of carbonyl (C=O) groups excluding carboxylic acids is 1. The van der Waals surface area contributed by atoms with Gasteiger partial charge in [0.1, 0.15) is 18.1 Å². The highest BCUT2D eigenvalue weighted by Gasteiger charge is 2.13. The monoisotopic (exact) mass is 285 g/mol. The number of carbonyl (C=O) groups is 1. The lowest BCUT2D eigenvalue weighted by molar-refractivity contribution is 0.111. The first kappa shape index (κ1) is 15.0. The van der Waals surface area contributed by atoms with E-state index >= 15 is 0 Å². The van der Waals surface area contributed by atoms with Crippen LogP contribution >= 0.6 is 0 Å². The van der Waals surface area contributed by atoms with Gasteiger partial charge in [0, 0.05) is 0 Å². The number of aryl methyl sites for hydroxylation is 2. The standard InChI is InChI=1S/C16H19N3O2/c1-11(2)8-19-15(14(9-20)17-18-19)10-21-16-7-12(3)5-6-13(16)4/h5-7,9H,1,8,10H2,2-4H3. The van der Waals surface area contributed by atoms with Crippen LogP contribution in [0.4, 0.5) is 0 Å². The van der Waals surface area contributed by atoms with Gasteiger partial charge in [-0.1, -0.05) is 29.5 Å². The van der Waals surface area contributed by atoms with Crippen molar-refractivity contribution in [3.63, 3.8) is 0 Å². The van der Waals surface area contributed by atoms with E-state index in [4.69, 9.17) is 4.74 Å². The van der Waals surface area contributed by atoms with E-state index in [1.165, 1.54) is 0 Å². The Morgan fingerprint density at radius 1 is 1.43 bits per heavy atom. The second-order valence-corrected chi connectivity index (χ2v) is 5.21. The van der Waals surface area contributed by atoms with Crippen LogP contribution in [0.3, 0.4) is 0 Å². The van der Waals surface area contributed by atoms with E-state index in [-0.39, 0.29) is 6.61 Å². The predicted octanol–water partition coefficient (Wildman–Crippen LogP) is 2.86. The number of rotatable bonds is 6. The first-order chi connectivity index (χ1) is 10.0. The molecule has 0 fully saturated rings. The smallest absolute Gasteiger partial charge is 0.172 e. The van der Waals surface area contributed by atoms with Gasteiger partial charge < -0.3 is 4.74 Å². The van der Waals surface area contributed by atoms with Crippen molar-refractivity contribution in [2.45, 2.75) is 33.9 Å². The van der Waals surface area contributed by atoms with Crippen LogP contribution in [0, 0.1) is 13.8 Å². The molecular formula is C16H19N3O2. The Kier molecular flexibility index (Phi) is 4.52. The zero-order valence-electron chi connectivity index (χ0n) is 12.6. The molecule has 0 radical (unpaired) electrons. The summed E-state index contributed by atoms with van der Waals surface area (Å²) in [4.78, 5) is 11.1. The van der Waals surface area contributed by atoms with Crippen molar-refractivity contribution >= 4 is 6.29 Å². The lowest BCUT2D eigenvalue weighted by atomic mass is 10.1. The second kappa shape index (κ2) is 6.35. The van der Waals surface area contributed by atoms with E-state index in [0.717, 1.165) is 22.4 Å². The maximum atomic E-state index is 11.1. The van der Waals surface area contributed by atoms with Gasteiger partial charge in [-0.2, -0.15) is 0 Å². The average Bonchev–Trinajstić information content (AvgIpc) is 2.81. The van der Waals surface area contributed by atoms with Crippen LogP contribution < -0.4 is 4.74 Å². The quantitative estimate of drug-likeness (QED) is 0.605. The molecule has 0 N–H and O–H groups in total. The molecule has 0 aliphatic heterocycles. The number of aromatic nitrogens is 3. The summed E-state index contributed by atoms with van der Waals surface area (Å²) in [5.41, 5.74) is 4.08. The highest BCUT2D eigenvalue weighted by atomic mass is 16.5. The minimum absolute atomic E-state index is 0.249. The van der Waals surface area contributed by atoms with Crippen molar-refractivity contribution in [3.05, 3.63) is 52.9 Å². The third-order valence-corrected chi connectivity index (χ3v) is 3.11. The van der Waals surface area contributed by atoms with Crippen molar-refractivity contribution in [1.29, 1.82) is 0 Å². The third-order valence-electron chi connectivity index (χ3n) is 3.11. The van der Waals surface area contributed by atoms with Gasteiger partial charge in [0.25, 0.3) is 0 Å². The van der Waals surface area contributed by atoms with Crippen molar-refractivity contribution in [2.24, 2.45) is 0 Å². The molecule has 1 aromatic heterocycles. The molecule has 1 aromatic carbocycles. The number of ether oxygens (including phenoxy) is 1. The fraction of sp³-hybridized carbons (Fsp3) is 0.312. The Morgan fingerprint density at radius 3 is 2.86 bits per heavy atom. The number of hydrogen-bond donors (Lipinski definition) is 0. The van der Waals surface area contributed by atoms with E-state index in [9.17, 15) is 4.79 Å². The van der Waals surface area contributed by atoms with Crippen molar-refractivity contribution in [3.8, 4) is 5.75 Å². The van der Waals surface area contributed by atoms with Gasteiger partial charge in [-0.3, -0.25) is 4.79 Å². The third kappa shape index (κ3) is 3.56. The van der Waals surface area contributed by atoms with Crippen LogP contribution in [-0.2, 0) is 13.2 Å². The Balaban J connectivity index is 2.22. The lowest BCUT2D eigenvalue weighted by Gasteiger charge is -2.11. The van der Waals surface area contributed by atoms with Crippen molar-refractivity contribution < 1.29 is 9.53 Å². The summed E-state index contributed by atoms with van der Waals surface area (Å²) < 4.78 is 7.49.